The Kier molecular flexibility index (Phi) is 3.82. The molecule has 0 aliphatic carbocycles. The highest BCUT2D eigenvalue weighted by Gasteiger charge is 2.30. The number of nitrogens with one attached hydrogen (secondary N) is 1. The Morgan fingerprint density at radius 3 is 2.84 bits per heavy atom. The second kappa shape index (κ2) is 5.38. The third-order valence-corrected chi connectivity index (χ3v) is 3.64. The molecule has 104 valence electrons. The van der Waals surface area contributed by atoms with Gasteiger partial charge in [-0.15, -0.1) is 0 Å². The normalized spacial score (nSPS) is 18.9. The van der Waals surface area contributed by atoms with E-state index in [-0.39, 0.29) is 5.69 Å². The van der Waals surface area contributed by atoms with Crippen LogP contribution < -0.4 is 10.2 Å². The van der Waals surface area contributed by atoms with E-state index in [1.54, 1.807) is 7.05 Å². The van der Waals surface area contributed by atoms with E-state index < -0.39 is 4.92 Å². The van der Waals surface area contributed by atoms with Crippen molar-refractivity contribution in [3.8, 4) is 0 Å². The standard InChI is InChI=1S/C12H19N5O2/c1-8(2)9-4-5-16(7-9)11-10(17(18)19)6-14-12(13-3)15-11/h6,8-9H,4-5,7H2,1-3H3,(H,13,14,15). The lowest BCUT2D eigenvalue weighted by Gasteiger charge is -2.19. The van der Waals surface area contributed by atoms with Gasteiger partial charge in [-0.1, -0.05) is 13.8 Å². The lowest BCUT2D eigenvalue weighted by atomic mass is 9.95. The summed E-state index contributed by atoms with van der Waals surface area (Å²) in [5.74, 6) is 1.98. The largest absolute Gasteiger partial charge is 0.357 e. The Bertz CT molecular complexity index is 477. The molecule has 0 aromatic carbocycles. The average molecular weight is 265 g/mol. The summed E-state index contributed by atoms with van der Waals surface area (Å²) in [6.45, 7) is 5.99. The van der Waals surface area contributed by atoms with Crippen molar-refractivity contribution in [1.29, 1.82) is 0 Å². The number of nitro groups is 1. The summed E-state index contributed by atoms with van der Waals surface area (Å²) in [6, 6.07) is 0. The number of aromatic nitrogens is 2. The zero-order valence-electron chi connectivity index (χ0n) is 11.5. The van der Waals surface area contributed by atoms with Crippen LogP contribution in [-0.4, -0.2) is 35.0 Å². The minimum atomic E-state index is -0.419. The third-order valence-electron chi connectivity index (χ3n) is 3.64. The lowest BCUT2D eigenvalue weighted by molar-refractivity contribution is -0.384. The summed E-state index contributed by atoms with van der Waals surface area (Å²) in [6.07, 6.45) is 2.32. The summed E-state index contributed by atoms with van der Waals surface area (Å²) in [5.41, 5.74) is -0.0246. The van der Waals surface area contributed by atoms with Crippen LogP contribution in [0.15, 0.2) is 6.20 Å². The van der Waals surface area contributed by atoms with Crippen LogP contribution >= 0.6 is 0 Å². The van der Waals surface area contributed by atoms with Crippen molar-refractivity contribution in [3.63, 3.8) is 0 Å². The quantitative estimate of drug-likeness (QED) is 0.661. The summed E-state index contributed by atoms with van der Waals surface area (Å²) >= 11 is 0. The van der Waals surface area contributed by atoms with E-state index in [2.05, 4.69) is 29.1 Å². The Labute approximate surface area is 112 Å². The number of nitrogens with zero attached hydrogens (tertiary/aromatic N) is 4. The average Bonchev–Trinajstić information content (AvgIpc) is 2.87. The first kappa shape index (κ1) is 13.5. The fraction of sp³-hybridized carbons (Fsp3) is 0.667. The summed E-state index contributed by atoms with van der Waals surface area (Å²) in [5, 5.41) is 13.9. The monoisotopic (exact) mass is 265 g/mol. The van der Waals surface area contributed by atoms with Gasteiger partial charge in [-0.05, 0) is 18.3 Å². The molecule has 7 nitrogen and oxygen atoms in total. The Morgan fingerprint density at radius 1 is 1.58 bits per heavy atom. The van der Waals surface area contributed by atoms with Gasteiger partial charge in [0, 0.05) is 20.1 Å². The van der Waals surface area contributed by atoms with E-state index in [1.807, 2.05) is 4.90 Å². The molecule has 2 rings (SSSR count). The van der Waals surface area contributed by atoms with Crippen LogP contribution in [0.2, 0.25) is 0 Å². The van der Waals surface area contributed by atoms with E-state index >= 15 is 0 Å². The van der Waals surface area contributed by atoms with Gasteiger partial charge in [0.25, 0.3) is 0 Å². The van der Waals surface area contributed by atoms with Gasteiger partial charge in [-0.25, -0.2) is 4.98 Å². The van der Waals surface area contributed by atoms with Crippen molar-refractivity contribution in [2.24, 2.45) is 11.8 Å². The molecule has 19 heavy (non-hydrogen) atoms. The summed E-state index contributed by atoms with van der Waals surface area (Å²) < 4.78 is 0. The number of rotatable bonds is 4. The minimum absolute atomic E-state index is 0.0246. The van der Waals surface area contributed by atoms with Crippen molar-refractivity contribution in [1.82, 2.24) is 9.97 Å². The predicted molar refractivity (Wildman–Crippen MR) is 73.4 cm³/mol. The van der Waals surface area contributed by atoms with Gasteiger partial charge in [-0.3, -0.25) is 10.1 Å². The lowest BCUT2D eigenvalue weighted by Crippen LogP contribution is -2.23. The molecule has 0 saturated carbocycles. The van der Waals surface area contributed by atoms with E-state index in [0.29, 0.717) is 23.6 Å². The van der Waals surface area contributed by atoms with Gasteiger partial charge in [0.05, 0.1) is 4.92 Å². The number of hydrogen-bond acceptors (Lipinski definition) is 6. The first-order valence-electron chi connectivity index (χ1n) is 6.47. The summed E-state index contributed by atoms with van der Waals surface area (Å²) in [7, 11) is 1.70. The van der Waals surface area contributed by atoms with Crippen molar-refractivity contribution in [3.05, 3.63) is 16.3 Å². The topological polar surface area (TPSA) is 84.2 Å². The van der Waals surface area contributed by atoms with Crippen molar-refractivity contribution in [2.75, 3.05) is 30.4 Å². The minimum Gasteiger partial charge on any atom is -0.357 e. The fourth-order valence-corrected chi connectivity index (χ4v) is 2.37. The van der Waals surface area contributed by atoms with Crippen molar-refractivity contribution in [2.45, 2.75) is 20.3 Å². The van der Waals surface area contributed by atoms with Crippen LogP contribution in [0.1, 0.15) is 20.3 Å². The molecule has 2 heterocycles. The second-order valence-electron chi connectivity index (χ2n) is 5.15. The molecule has 0 spiro atoms. The molecule has 7 heteroatoms. The molecule has 1 unspecified atom stereocenters. The molecule has 1 saturated heterocycles. The van der Waals surface area contributed by atoms with Gasteiger partial charge in [-0.2, -0.15) is 4.98 Å². The van der Waals surface area contributed by atoms with Crippen LogP contribution in [-0.2, 0) is 0 Å². The highest BCUT2D eigenvalue weighted by molar-refractivity contribution is 5.59. The maximum atomic E-state index is 11.1. The van der Waals surface area contributed by atoms with E-state index in [1.165, 1.54) is 6.20 Å². The molecule has 0 bridgehead atoms. The highest BCUT2D eigenvalue weighted by atomic mass is 16.6. The Morgan fingerprint density at radius 2 is 2.32 bits per heavy atom. The van der Waals surface area contributed by atoms with Crippen LogP contribution in [0.25, 0.3) is 0 Å². The second-order valence-corrected chi connectivity index (χ2v) is 5.15. The van der Waals surface area contributed by atoms with Gasteiger partial charge in [0.2, 0.25) is 11.8 Å². The maximum Gasteiger partial charge on any atom is 0.329 e. The molecule has 1 aliphatic heterocycles. The molecule has 1 N–H and O–H groups in total. The van der Waals surface area contributed by atoms with Crippen LogP contribution in [0, 0.1) is 22.0 Å². The van der Waals surface area contributed by atoms with Crippen molar-refractivity contribution < 1.29 is 4.92 Å². The van der Waals surface area contributed by atoms with Crippen LogP contribution in [0.4, 0.5) is 17.5 Å². The number of hydrogen-bond donors (Lipinski definition) is 1. The number of anilines is 2. The maximum absolute atomic E-state index is 11.1. The van der Waals surface area contributed by atoms with E-state index in [0.717, 1.165) is 19.5 Å². The zero-order chi connectivity index (χ0) is 14.0. The molecule has 1 fully saturated rings. The zero-order valence-corrected chi connectivity index (χ0v) is 11.5. The molecule has 1 atom stereocenters. The van der Waals surface area contributed by atoms with Crippen LogP contribution in [0.3, 0.4) is 0 Å². The van der Waals surface area contributed by atoms with Gasteiger partial charge in [0.15, 0.2) is 0 Å². The molecule has 1 aromatic rings. The van der Waals surface area contributed by atoms with E-state index in [9.17, 15) is 10.1 Å². The third kappa shape index (κ3) is 2.74. The van der Waals surface area contributed by atoms with Crippen LogP contribution in [0.5, 0.6) is 0 Å². The van der Waals surface area contributed by atoms with Crippen molar-refractivity contribution >= 4 is 17.5 Å². The van der Waals surface area contributed by atoms with Gasteiger partial charge in [0.1, 0.15) is 6.20 Å². The van der Waals surface area contributed by atoms with Gasteiger partial charge < -0.3 is 10.2 Å². The molecular formula is C12H19N5O2. The Hall–Kier alpha value is -1.92. The fourth-order valence-electron chi connectivity index (χ4n) is 2.37. The first-order chi connectivity index (χ1) is 9.02. The predicted octanol–water partition coefficient (Wildman–Crippen LogP) is 1.91. The Balaban J connectivity index is 2.30. The SMILES string of the molecule is CNc1ncc([N+](=O)[O-])c(N2CCC(C(C)C)C2)n1. The molecule has 1 aromatic heterocycles. The van der Waals surface area contributed by atoms with E-state index in [4.69, 9.17) is 0 Å². The van der Waals surface area contributed by atoms with Gasteiger partial charge >= 0.3 is 5.69 Å². The smallest absolute Gasteiger partial charge is 0.329 e. The summed E-state index contributed by atoms with van der Waals surface area (Å²) in [4.78, 5) is 20.8. The molecule has 0 amide bonds. The molecule has 0 radical (unpaired) electrons. The molecule has 1 aliphatic rings. The first-order valence-corrected chi connectivity index (χ1v) is 6.47. The highest BCUT2D eigenvalue weighted by Crippen LogP contribution is 2.32. The molecular weight excluding hydrogens is 246 g/mol.